The zero-order chi connectivity index (χ0) is 24.8. The van der Waals surface area contributed by atoms with Crippen LogP contribution in [0, 0.1) is 5.82 Å². The van der Waals surface area contributed by atoms with E-state index >= 15 is 4.39 Å². The monoisotopic (exact) mass is 522 g/mol. The number of fused-ring (bicyclic) bond motifs is 1. The van der Waals surface area contributed by atoms with E-state index in [0.29, 0.717) is 17.0 Å². The van der Waals surface area contributed by atoms with Crippen molar-refractivity contribution >= 4 is 44.0 Å². The molecule has 0 bridgehead atoms. The van der Waals surface area contributed by atoms with E-state index < -0.39 is 17.3 Å². The summed E-state index contributed by atoms with van der Waals surface area (Å²) in [6.45, 7) is 1.83. The molecule has 1 atom stereocenters. The number of hydrogen-bond donors (Lipinski definition) is 2. The van der Waals surface area contributed by atoms with Gasteiger partial charge in [0.25, 0.3) is 0 Å². The standard InChI is InChI=1S/C25H24FN6O2PS/c26-22-19(30-36-31-7-1-2-8-31)5-6-20(33)21(22)23(34)18-13-32(35)25-17(18)9-15(10-29-25)16-11-27-24(28-12-16)14-3-4-14/h5-6,9-14,30,33H,1-4,7-8,35H2. The van der Waals surface area contributed by atoms with E-state index in [9.17, 15) is 9.90 Å². The normalized spacial score (nSPS) is 16.1. The van der Waals surface area contributed by atoms with Gasteiger partial charge in [0.15, 0.2) is 5.82 Å². The maximum atomic E-state index is 15.5. The van der Waals surface area contributed by atoms with Gasteiger partial charge >= 0.3 is 0 Å². The highest BCUT2D eigenvalue weighted by Crippen LogP contribution is 2.38. The number of halogens is 1. The SMILES string of the molecule is O=C(c1c(O)ccc(NSN2CCCC2)c1F)c1cn(P)c2ncc(-c3cnc(C4CC4)nc3)cc12. The van der Waals surface area contributed by atoms with Gasteiger partial charge in [0.1, 0.15) is 22.8 Å². The van der Waals surface area contributed by atoms with Gasteiger partial charge in [-0.25, -0.2) is 23.6 Å². The summed E-state index contributed by atoms with van der Waals surface area (Å²) in [7, 11) is 2.49. The van der Waals surface area contributed by atoms with Crippen molar-refractivity contribution in [3.05, 3.63) is 65.8 Å². The Labute approximate surface area is 213 Å². The summed E-state index contributed by atoms with van der Waals surface area (Å²) in [5, 5.41) is 11.0. The molecular weight excluding hydrogens is 498 g/mol. The predicted octanol–water partition coefficient (Wildman–Crippen LogP) is 5.16. The predicted molar refractivity (Wildman–Crippen MR) is 141 cm³/mol. The summed E-state index contributed by atoms with van der Waals surface area (Å²) in [4.78, 5) is 27.1. The van der Waals surface area contributed by atoms with Gasteiger partial charge in [-0.2, -0.15) is 0 Å². The van der Waals surface area contributed by atoms with Crippen LogP contribution in [0.15, 0.2) is 43.0 Å². The number of nitrogens with one attached hydrogen (secondary N) is 1. The maximum Gasteiger partial charge on any atom is 0.202 e. The van der Waals surface area contributed by atoms with Crippen molar-refractivity contribution in [2.24, 2.45) is 0 Å². The average molecular weight is 523 g/mol. The second kappa shape index (κ2) is 9.42. The smallest absolute Gasteiger partial charge is 0.202 e. The molecule has 3 aromatic heterocycles. The number of phenolic OH excluding ortho intramolecular Hbond substituents is 1. The van der Waals surface area contributed by atoms with Crippen molar-refractivity contribution in [2.45, 2.75) is 31.6 Å². The molecule has 0 spiro atoms. The number of carbonyl (C=O) groups is 1. The van der Waals surface area contributed by atoms with Gasteiger partial charge in [-0.05, 0) is 53.3 Å². The molecule has 2 fully saturated rings. The van der Waals surface area contributed by atoms with Crippen LogP contribution in [-0.4, -0.2) is 47.6 Å². The van der Waals surface area contributed by atoms with Crippen LogP contribution in [0.3, 0.4) is 0 Å². The van der Waals surface area contributed by atoms with Gasteiger partial charge in [-0.1, -0.05) is 0 Å². The van der Waals surface area contributed by atoms with Crippen molar-refractivity contribution in [3.8, 4) is 16.9 Å². The summed E-state index contributed by atoms with van der Waals surface area (Å²) >= 11 is 1.31. The number of pyridine rings is 1. The highest BCUT2D eigenvalue weighted by atomic mass is 32.2. The van der Waals surface area contributed by atoms with Crippen LogP contribution in [0.5, 0.6) is 5.75 Å². The fourth-order valence-corrected chi connectivity index (χ4v) is 5.58. The molecule has 1 saturated carbocycles. The Hall–Kier alpha value is -3.07. The van der Waals surface area contributed by atoms with Crippen molar-refractivity contribution in [3.63, 3.8) is 0 Å². The van der Waals surface area contributed by atoms with Gasteiger partial charge in [0.05, 0.1) is 11.3 Å². The lowest BCUT2D eigenvalue weighted by Gasteiger charge is -2.16. The second-order valence-electron chi connectivity index (χ2n) is 9.13. The van der Waals surface area contributed by atoms with Gasteiger partial charge in [0, 0.05) is 72.4 Å². The molecule has 0 amide bonds. The second-order valence-corrected chi connectivity index (χ2v) is 10.6. The maximum absolute atomic E-state index is 15.5. The molecule has 8 nitrogen and oxygen atoms in total. The third-order valence-corrected chi connectivity index (χ3v) is 7.89. The number of anilines is 1. The van der Waals surface area contributed by atoms with Crippen LogP contribution in [0.1, 0.15) is 53.3 Å². The van der Waals surface area contributed by atoms with Crippen molar-refractivity contribution in [1.82, 2.24) is 23.6 Å². The van der Waals surface area contributed by atoms with E-state index in [-0.39, 0.29) is 16.8 Å². The van der Waals surface area contributed by atoms with Crippen LogP contribution >= 0.6 is 21.5 Å². The van der Waals surface area contributed by atoms with Crippen molar-refractivity contribution in [1.29, 1.82) is 0 Å². The Kier molecular flexibility index (Phi) is 6.11. The Bertz CT molecular complexity index is 1470. The average Bonchev–Trinajstić information content (AvgIpc) is 3.51. The summed E-state index contributed by atoms with van der Waals surface area (Å²) in [5.74, 6) is -0.513. The van der Waals surface area contributed by atoms with Crippen molar-refractivity contribution < 1.29 is 14.3 Å². The molecule has 0 radical (unpaired) electrons. The minimum Gasteiger partial charge on any atom is -0.507 e. The van der Waals surface area contributed by atoms with Crippen LogP contribution < -0.4 is 4.72 Å². The van der Waals surface area contributed by atoms with Crippen LogP contribution in [0.2, 0.25) is 0 Å². The zero-order valence-corrected chi connectivity index (χ0v) is 21.3. The first-order chi connectivity index (χ1) is 17.5. The van der Waals surface area contributed by atoms with Gasteiger partial charge in [-0.15, -0.1) is 0 Å². The molecule has 184 valence electrons. The number of carbonyl (C=O) groups excluding carboxylic acids is 1. The number of nitrogens with zero attached hydrogens (tertiary/aromatic N) is 5. The fourth-order valence-electron chi connectivity index (χ4n) is 4.40. The molecule has 6 rings (SSSR count). The third kappa shape index (κ3) is 4.34. The Morgan fingerprint density at radius 3 is 2.56 bits per heavy atom. The number of aromatic nitrogens is 4. The molecule has 1 aliphatic heterocycles. The molecule has 1 saturated heterocycles. The van der Waals surface area contributed by atoms with E-state index in [1.165, 1.54) is 24.3 Å². The topological polar surface area (TPSA) is 96.2 Å². The number of ketones is 1. The third-order valence-electron chi connectivity index (χ3n) is 6.56. The number of benzene rings is 1. The van der Waals surface area contributed by atoms with Gasteiger partial charge < -0.3 is 14.2 Å². The minimum absolute atomic E-state index is 0.148. The quantitative estimate of drug-likeness (QED) is 0.149. The van der Waals surface area contributed by atoms with E-state index in [4.69, 9.17) is 0 Å². The number of phenols is 1. The van der Waals surface area contributed by atoms with E-state index in [0.717, 1.165) is 55.7 Å². The summed E-state index contributed by atoms with van der Waals surface area (Å²) in [5.41, 5.74) is 2.08. The Morgan fingerprint density at radius 2 is 1.83 bits per heavy atom. The van der Waals surface area contributed by atoms with Crippen LogP contribution in [0.4, 0.5) is 10.1 Å². The highest BCUT2D eigenvalue weighted by molar-refractivity contribution is 7.98. The molecule has 2 N–H and O–H groups in total. The lowest BCUT2D eigenvalue weighted by molar-refractivity contribution is 0.103. The largest absolute Gasteiger partial charge is 0.507 e. The molecule has 4 aromatic rings. The van der Waals surface area contributed by atoms with Crippen LogP contribution in [0.25, 0.3) is 22.2 Å². The first-order valence-corrected chi connectivity index (χ1v) is 13.1. The lowest BCUT2D eigenvalue weighted by atomic mass is 10.00. The van der Waals surface area contributed by atoms with E-state index in [1.807, 2.05) is 6.07 Å². The first kappa shape index (κ1) is 23.3. The summed E-state index contributed by atoms with van der Waals surface area (Å²) < 4.78 is 22.2. The molecular formula is C25H24FN6O2PS. The molecule has 2 aliphatic rings. The highest BCUT2D eigenvalue weighted by Gasteiger charge is 2.27. The van der Waals surface area contributed by atoms with Gasteiger partial charge in [0.2, 0.25) is 5.78 Å². The minimum atomic E-state index is -0.787. The van der Waals surface area contributed by atoms with E-state index in [1.54, 1.807) is 29.1 Å². The van der Waals surface area contributed by atoms with Gasteiger partial charge in [-0.3, -0.25) is 4.79 Å². The molecule has 1 aromatic carbocycles. The van der Waals surface area contributed by atoms with Crippen LogP contribution in [-0.2, 0) is 0 Å². The number of hydrogen-bond acceptors (Lipinski definition) is 8. The first-order valence-electron chi connectivity index (χ1n) is 11.8. The molecule has 4 heterocycles. The fraction of sp³-hybridized carbons (Fsp3) is 0.280. The molecule has 1 aliphatic carbocycles. The number of aromatic hydroxyl groups is 1. The summed E-state index contributed by atoms with van der Waals surface area (Å²) in [6, 6.07) is 4.60. The summed E-state index contributed by atoms with van der Waals surface area (Å²) in [6.07, 6.45) is 11.3. The number of rotatable bonds is 7. The van der Waals surface area contributed by atoms with E-state index in [2.05, 4.69) is 33.4 Å². The molecule has 11 heteroatoms. The Morgan fingerprint density at radius 1 is 1.11 bits per heavy atom. The Balaban J connectivity index is 1.35. The molecule has 36 heavy (non-hydrogen) atoms. The van der Waals surface area contributed by atoms with Crippen molar-refractivity contribution in [2.75, 3.05) is 17.8 Å². The zero-order valence-electron chi connectivity index (χ0n) is 19.3. The lowest BCUT2D eigenvalue weighted by Crippen LogP contribution is -2.13. The molecule has 1 unspecified atom stereocenters.